The highest BCUT2D eigenvalue weighted by Crippen LogP contribution is 2.26. The highest BCUT2D eigenvalue weighted by atomic mass is 32.1. The van der Waals surface area contributed by atoms with E-state index in [9.17, 15) is 0 Å². The van der Waals surface area contributed by atoms with Crippen molar-refractivity contribution in [1.29, 1.82) is 0 Å². The molecule has 0 spiro atoms. The largest absolute Gasteiger partial charge is 0.389 e. The zero-order chi connectivity index (χ0) is 15.6. The fraction of sp³-hybridized carbons (Fsp3) is 0.294. The Kier molecular flexibility index (Phi) is 4.58. The van der Waals surface area contributed by atoms with Gasteiger partial charge in [0.05, 0.1) is 5.56 Å². The number of hydrogen-bond donors (Lipinski definition) is 2. The molecule has 21 heavy (non-hydrogen) atoms. The van der Waals surface area contributed by atoms with Crippen LogP contribution < -0.4 is 11.1 Å². The monoisotopic (exact) mass is 299 g/mol. The van der Waals surface area contributed by atoms with Crippen molar-refractivity contribution in [1.82, 2.24) is 4.98 Å². The predicted molar refractivity (Wildman–Crippen MR) is 92.8 cm³/mol. The predicted octanol–water partition coefficient (Wildman–Crippen LogP) is 3.81. The van der Waals surface area contributed by atoms with Crippen LogP contribution in [0.15, 0.2) is 30.3 Å². The maximum atomic E-state index is 5.86. The fourth-order valence-corrected chi connectivity index (χ4v) is 2.89. The number of nitrogens with one attached hydrogen (secondary N) is 1. The molecule has 0 saturated carbocycles. The Labute approximate surface area is 131 Å². The molecule has 1 heterocycles. The van der Waals surface area contributed by atoms with Gasteiger partial charge in [-0.25, -0.2) is 0 Å². The molecule has 0 aliphatic rings. The van der Waals surface area contributed by atoms with E-state index in [0.717, 1.165) is 22.6 Å². The molecule has 0 fully saturated rings. The zero-order valence-electron chi connectivity index (χ0n) is 12.9. The molecule has 0 saturated heterocycles. The minimum absolute atomic E-state index is 0.167. The average Bonchev–Trinajstić information content (AvgIpc) is 2.37. The Balaban J connectivity index is 2.40. The Hall–Kier alpha value is -1.94. The summed E-state index contributed by atoms with van der Waals surface area (Å²) in [5.74, 6) is 0. The Morgan fingerprint density at radius 2 is 1.90 bits per heavy atom. The van der Waals surface area contributed by atoms with E-state index in [4.69, 9.17) is 18.0 Å². The van der Waals surface area contributed by atoms with Crippen LogP contribution in [0.2, 0.25) is 0 Å². The van der Waals surface area contributed by atoms with Crippen molar-refractivity contribution in [2.24, 2.45) is 5.73 Å². The van der Waals surface area contributed by atoms with Gasteiger partial charge in [0, 0.05) is 23.1 Å². The second kappa shape index (κ2) is 6.22. The second-order valence-corrected chi connectivity index (χ2v) is 5.80. The molecule has 3 nitrogen and oxygen atoms in total. The topological polar surface area (TPSA) is 50.9 Å². The smallest absolute Gasteiger partial charge is 0.107 e. The molecule has 1 unspecified atom stereocenters. The SMILES string of the molecule is Cc1cc(NC(C)c2ccccc2C)c(C(N)=S)c(C)n1. The molecule has 1 aromatic heterocycles. The Morgan fingerprint density at radius 1 is 1.24 bits per heavy atom. The van der Waals surface area contributed by atoms with Gasteiger partial charge >= 0.3 is 0 Å². The summed E-state index contributed by atoms with van der Waals surface area (Å²) >= 11 is 5.17. The van der Waals surface area contributed by atoms with E-state index in [-0.39, 0.29) is 6.04 Å². The van der Waals surface area contributed by atoms with Crippen molar-refractivity contribution in [2.45, 2.75) is 33.7 Å². The fourth-order valence-electron chi connectivity index (χ4n) is 2.64. The molecular weight excluding hydrogens is 278 g/mol. The molecule has 3 N–H and O–H groups in total. The lowest BCUT2D eigenvalue weighted by Gasteiger charge is -2.21. The van der Waals surface area contributed by atoms with Gasteiger partial charge < -0.3 is 11.1 Å². The van der Waals surface area contributed by atoms with E-state index in [1.54, 1.807) is 0 Å². The first-order chi connectivity index (χ1) is 9.90. The van der Waals surface area contributed by atoms with Crippen LogP contribution in [0, 0.1) is 20.8 Å². The average molecular weight is 299 g/mol. The van der Waals surface area contributed by atoms with Crippen LogP contribution in [-0.4, -0.2) is 9.97 Å². The number of anilines is 1. The highest BCUT2D eigenvalue weighted by Gasteiger charge is 2.14. The number of benzene rings is 1. The van der Waals surface area contributed by atoms with Crippen molar-refractivity contribution in [3.63, 3.8) is 0 Å². The van der Waals surface area contributed by atoms with Gasteiger partial charge in [-0.3, -0.25) is 4.98 Å². The lowest BCUT2D eigenvalue weighted by atomic mass is 10.0. The quantitative estimate of drug-likeness (QED) is 0.843. The number of rotatable bonds is 4. The molecule has 0 aliphatic carbocycles. The summed E-state index contributed by atoms with van der Waals surface area (Å²) in [6.07, 6.45) is 0. The Morgan fingerprint density at radius 3 is 2.52 bits per heavy atom. The van der Waals surface area contributed by atoms with E-state index in [1.165, 1.54) is 11.1 Å². The van der Waals surface area contributed by atoms with Crippen LogP contribution in [0.1, 0.15) is 41.0 Å². The van der Waals surface area contributed by atoms with Crippen LogP contribution >= 0.6 is 12.2 Å². The number of aromatic nitrogens is 1. The first-order valence-corrected chi connectivity index (χ1v) is 7.41. The van der Waals surface area contributed by atoms with Crippen LogP contribution in [0.3, 0.4) is 0 Å². The van der Waals surface area contributed by atoms with Gasteiger partial charge in [-0.15, -0.1) is 0 Å². The second-order valence-electron chi connectivity index (χ2n) is 5.36. The maximum Gasteiger partial charge on any atom is 0.107 e. The van der Waals surface area contributed by atoms with Gasteiger partial charge in [-0.05, 0) is 44.9 Å². The van der Waals surface area contributed by atoms with Gasteiger partial charge in [0.15, 0.2) is 0 Å². The van der Waals surface area contributed by atoms with Crippen LogP contribution in [0.5, 0.6) is 0 Å². The summed E-state index contributed by atoms with van der Waals surface area (Å²) in [5, 5.41) is 3.52. The van der Waals surface area contributed by atoms with Crippen molar-refractivity contribution >= 4 is 22.9 Å². The first kappa shape index (κ1) is 15.4. The molecular formula is C17H21N3S. The van der Waals surface area contributed by atoms with Gasteiger partial charge in [-0.2, -0.15) is 0 Å². The number of nitrogens with two attached hydrogens (primary N) is 1. The minimum atomic E-state index is 0.167. The molecule has 4 heteroatoms. The summed E-state index contributed by atoms with van der Waals surface area (Å²) in [4.78, 5) is 4.82. The van der Waals surface area contributed by atoms with E-state index in [1.807, 2.05) is 26.0 Å². The van der Waals surface area contributed by atoms with E-state index < -0.39 is 0 Å². The molecule has 0 aliphatic heterocycles. The lowest BCUT2D eigenvalue weighted by molar-refractivity contribution is 0.871. The summed E-state index contributed by atoms with van der Waals surface area (Å²) in [5.41, 5.74) is 12.0. The van der Waals surface area contributed by atoms with Crippen LogP contribution in [-0.2, 0) is 0 Å². The van der Waals surface area contributed by atoms with Gasteiger partial charge in [0.2, 0.25) is 0 Å². The maximum absolute atomic E-state index is 5.86. The summed E-state index contributed by atoms with van der Waals surface area (Å²) in [7, 11) is 0. The number of nitrogens with zero attached hydrogens (tertiary/aromatic N) is 1. The highest BCUT2D eigenvalue weighted by molar-refractivity contribution is 7.80. The van der Waals surface area contributed by atoms with Crippen molar-refractivity contribution in [3.05, 3.63) is 58.4 Å². The molecule has 0 amide bonds. The number of aryl methyl sites for hydroxylation is 3. The third-order valence-corrected chi connectivity index (χ3v) is 3.81. The number of hydrogen-bond acceptors (Lipinski definition) is 3. The molecule has 2 aromatic rings. The van der Waals surface area contributed by atoms with Crippen LogP contribution in [0.25, 0.3) is 0 Å². The van der Waals surface area contributed by atoms with E-state index in [0.29, 0.717) is 4.99 Å². The van der Waals surface area contributed by atoms with E-state index >= 15 is 0 Å². The van der Waals surface area contributed by atoms with Crippen molar-refractivity contribution < 1.29 is 0 Å². The molecule has 110 valence electrons. The molecule has 1 aromatic carbocycles. The van der Waals surface area contributed by atoms with Gasteiger partial charge in [0.25, 0.3) is 0 Å². The summed E-state index contributed by atoms with van der Waals surface area (Å²) in [6, 6.07) is 10.5. The van der Waals surface area contributed by atoms with Crippen molar-refractivity contribution in [3.8, 4) is 0 Å². The Bertz CT molecular complexity index is 680. The zero-order valence-corrected chi connectivity index (χ0v) is 13.7. The van der Waals surface area contributed by atoms with Crippen molar-refractivity contribution in [2.75, 3.05) is 5.32 Å². The minimum Gasteiger partial charge on any atom is -0.389 e. The number of pyridine rings is 1. The standard InChI is InChI=1S/C17H21N3S/c1-10-7-5-6-8-14(10)12(3)20-15-9-11(2)19-13(4)16(15)17(18)21/h5-9,12H,1-4H3,(H2,18,21)(H,19,20). The third kappa shape index (κ3) is 3.39. The molecule has 1 atom stereocenters. The number of thiocarbonyl (C=S) groups is 1. The third-order valence-electron chi connectivity index (χ3n) is 3.60. The molecule has 0 radical (unpaired) electrons. The lowest BCUT2D eigenvalue weighted by Crippen LogP contribution is -2.18. The first-order valence-electron chi connectivity index (χ1n) is 7.00. The van der Waals surface area contributed by atoms with Gasteiger partial charge in [0.1, 0.15) is 4.99 Å². The van der Waals surface area contributed by atoms with E-state index in [2.05, 4.69) is 42.3 Å². The molecule has 0 bridgehead atoms. The van der Waals surface area contributed by atoms with Crippen LogP contribution in [0.4, 0.5) is 5.69 Å². The summed E-state index contributed by atoms with van der Waals surface area (Å²) in [6.45, 7) is 8.16. The normalized spacial score (nSPS) is 12.0. The van der Waals surface area contributed by atoms with Gasteiger partial charge in [-0.1, -0.05) is 36.5 Å². The molecule has 2 rings (SSSR count). The summed E-state index contributed by atoms with van der Waals surface area (Å²) < 4.78 is 0.